The third-order valence-corrected chi connectivity index (χ3v) is 6.91. The van der Waals surface area contributed by atoms with E-state index in [0.717, 1.165) is 19.3 Å². The lowest BCUT2D eigenvalue weighted by molar-refractivity contribution is -0.168. The van der Waals surface area contributed by atoms with Gasteiger partial charge in [0.25, 0.3) is 0 Å². The highest BCUT2D eigenvalue weighted by molar-refractivity contribution is 6.43. The number of ether oxygens (including phenoxy) is 2. The van der Waals surface area contributed by atoms with Crippen LogP contribution in [0.3, 0.4) is 0 Å². The second-order valence-electron chi connectivity index (χ2n) is 8.19. The number of carbonyl (C=O) groups excluding carboxylic acids is 2. The predicted molar refractivity (Wildman–Crippen MR) is 133 cm³/mol. The number of benzene rings is 1. The summed E-state index contributed by atoms with van der Waals surface area (Å²) in [7, 11) is 0. The van der Waals surface area contributed by atoms with Crippen molar-refractivity contribution in [2.45, 2.75) is 97.8 Å². The highest BCUT2D eigenvalue weighted by Gasteiger charge is 2.46. The van der Waals surface area contributed by atoms with Gasteiger partial charge in [0.05, 0.1) is 21.7 Å². The van der Waals surface area contributed by atoms with Gasteiger partial charge in [0.15, 0.2) is 11.2 Å². The first kappa shape index (κ1) is 29.1. The lowest BCUT2D eigenvalue weighted by atomic mass is 9.82. The van der Waals surface area contributed by atoms with Gasteiger partial charge in [-0.15, -0.1) is 0 Å². The number of halogens is 3. The largest absolute Gasteiger partial charge is 0.465 e. The summed E-state index contributed by atoms with van der Waals surface area (Å²) in [6.07, 6.45) is 12.5. The maximum Gasteiger partial charge on any atom is 0.328 e. The second kappa shape index (κ2) is 15.8. The van der Waals surface area contributed by atoms with Gasteiger partial charge < -0.3 is 9.47 Å². The lowest BCUT2D eigenvalue weighted by Crippen LogP contribution is -2.42. The minimum atomic E-state index is -1.38. The monoisotopic (exact) mass is 506 g/mol. The smallest absolute Gasteiger partial charge is 0.328 e. The molecule has 0 amide bonds. The molecule has 0 heterocycles. The van der Waals surface area contributed by atoms with E-state index in [2.05, 4.69) is 6.92 Å². The van der Waals surface area contributed by atoms with Crippen LogP contribution in [-0.2, 0) is 14.3 Å². The van der Waals surface area contributed by atoms with Crippen LogP contribution in [0, 0.1) is 5.41 Å². The van der Waals surface area contributed by atoms with Gasteiger partial charge in [-0.05, 0) is 25.3 Å². The van der Waals surface area contributed by atoms with Gasteiger partial charge in [0.1, 0.15) is 0 Å². The third kappa shape index (κ3) is 9.11. The second-order valence-corrected chi connectivity index (χ2v) is 9.41. The average Bonchev–Trinajstić information content (AvgIpc) is 2.77. The van der Waals surface area contributed by atoms with Crippen molar-refractivity contribution < 1.29 is 19.1 Å². The molecule has 7 heteroatoms. The van der Waals surface area contributed by atoms with Crippen LogP contribution in [0.15, 0.2) is 12.1 Å². The Morgan fingerprint density at radius 2 is 1.22 bits per heavy atom. The molecule has 0 aliphatic rings. The van der Waals surface area contributed by atoms with Crippen molar-refractivity contribution in [3.63, 3.8) is 0 Å². The third-order valence-electron chi connectivity index (χ3n) is 5.90. The molecular formula is C25H37Cl3O4. The Hall–Kier alpha value is -0.970. The molecule has 0 saturated carbocycles. The number of hydrogen-bond acceptors (Lipinski definition) is 4. The first-order valence-corrected chi connectivity index (χ1v) is 13.0. The fourth-order valence-electron chi connectivity index (χ4n) is 3.58. The van der Waals surface area contributed by atoms with E-state index in [9.17, 15) is 9.59 Å². The molecule has 0 radical (unpaired) electrons. The lowest BCUT2D eigenvalue weighted by Gasteiger charge is -2.27. The van der Waals surface area contributed by atoms with E-state index >= 15 is 0 Å². The van der Waals surface area contributed by atoms with Crippen LogP contribution in [0.25, 0.3) is 0 Å². The highest BCUT2D eigenvalue weighted by Crippen LogP contribution is 2.37. The van der Waals surface area contributed by atoms with Gasteiger partial charge in [-0.3, -0.25) is 9.59 Å². The molecule has 1 aromatic rings. The normalized spacial score (nSPS) is 11.4. The maximum absolute atomic E-state index is 12.9. The van der Waals surface area contributed by atoms with E-state index in [1.54, 1.807) is 13.8 Å². The average molecular weight is 508 g/mol. The predicted octanol–water partition coefficient (Wildman–Crippen LogP) is 8.82. The zero-order chi connectivity index (χ0) is 24.0. The number of hydrogen-bond donors (Lipinski definition) is 0. The molecule has 0 unspecified atom stereocenters. The number of esters is 2. The van der Waals surface area contributed by atoms with E-state index in [-0.39, 0.29) is 33.7 Å². The van der Waals surface area contributed by atoms with Gasteiger partial charge in [-0.25, -0.2) is 0 Å². The Labute approximate surface area is 208 Å². The van der Waals surface area contributed by atoms with Crippen molar-refractivity contribution in [3.8, 4) is 5.75 Å². The number of carbonyl (C=O) groups is 2. The van der Waals surface area contributed by atoms with Crippen molar-refractivity contribution in [1.82, 2.24) is 0 Å². The molecular weight excluding hydrogens is 471 g/mol. The molecule has 0 aromatic heterocycles. The van der Waals surface area contributed by atoms with E-state index in [4.69, 9.17) is 44.3 Å². The summed E-state index contributed by atoms with van der Waals surface area (Å²) in [6.45, 7) is 6.07. The summed E-state index contributed by atoms with van der Waals surface area (Å²) in [5.74, 6) is -1.18. The van der Waals surface area contributed by atoms with Crippen LogP contribution >= 0.6 is 34.8 Å². The van der Waals surface area contributed by atoms with Gasteiger partial charge >= 0.3 is 11.9 Å². The molecule has 4 nitrogen and oxygen atoms in total. The topological polar surface area (TPSA) is 52.6 Å². The van der Waals surface area contributed by atoms with Crippen molar-refractivity contribution in [1.29, 1.82) is 0 Å². The van der Waals surface area contributed by atoms with Crippen LogP contribution in [-0.4, -0.2) is 18.5 Å². The van der Waals surface area contributed by atoms with E-state index in [1.165, 1.54) is 57.1 Å². The summed E-state index contributed by atoms with van der Waals surface area (Å²) >= 11 is 18.0. The SMILES string of the molecule is CCCCCCCCCCCCOC(=O)C(CC)(CC)C(=O)Oc1cc(Cl)c(Cl)cc1Cl. The maximum atomic E-state index is 12.9. The molecule has 1 rings (SSSR count). The van der Waals surface area contributed by atoms with Gasteiger partial charge in [0.2, 0.25) is 0 Å². The summed E-state index contributed by atoms with van der Waals surface area (Å²) in [4.78, 5) is 25.8. The Kier molecular flexibility index (Phi) is 14.3. The molecule has 0 atom stereocenters. The first-order valence-electron chi connectivity index (χ1n) is 11.9. The number of rotatable bonds is 16. The zero-order valence-corrected chi connectivity index (χ0v) is 21.9. The molecule has 0 aliphatic heterocycles. The molecule has 182 valence electrons. The van der Waals surface area contributed by atoms with Gasteiger partial charge in [-0.1, -0.05) is 113 Å². The van der Waals surface area contributed by atoms with Crippen LogP contribution < -0.4 is 4.74 Å². The quantitative estimate of drug-likeness (QED) is 0.0737. The Morgan fingerprint density at radius 3 is 1.75 bits per heavy atom. The fraction of sp³-hybridized carbons (Fsp3) is 0.680. The van der Waals surface area contributed by atoms with Gasteiger partial charge in [0, 0.05) is 6.07 Å². The first-order chi connectivity index (χ1) is 15.3. The van der Waals surface area contributed by atoms with Crippen molar-refractivity contribution in [2.24, 2.45) is 5.41 Å². The molecule has 1 aromatic carbocycles. The van der Waals surface area contributed by atoms with E-state index in [0.29, 0.717) is 6.61 Å². The minimum Gasteiger partial charge on any atom is -0.465 e. The standard InChI is InChI=1S/C25H37Cl3O4/c1-4-7-8-9-10-11-12-13-14-15-16-31-23(29)25(5-2,6-3)24(30)32-22-18-20(27)19(26)17-21(22)28/h17-18H,4-16H2,1-3H3. The molecule has 0 aliphatic carbocycles. The summed E-state index contributed by atoms with van der Waals surface area (Å²) in [5.41, 5.74) is -1.38. The molecule has 0 fully saturated rings. The van der Waals surface area contributed by atoms with E-state index in [1.807, 2.05) is 0 Å². The Bertz CT molecular complexity index is 717. The van der Waals surface area contributed by atoms with E-state index < -0.39 is 17.4 Å². The zero-order valence-electron chi connectivity index (χ0n) is 19.6. The number of unbranched alkanes of at least 4 members (excludes halogenated alkanes) is 9. The molecule has 32 heavy (non-hydrogen) atoms. The summed E-state index contributed by atoms with van der Waals surface area (Å²) in [6, 6.07) is 2.77. The Balaban J connectivity index is 2.48. The van der Waals surface area contributed by atoms with Crippen LogP contribution in [0.5, 0.6) is 5.75 Å². The van der Waals surface area contributed by atoms with Crippen molar-refractivity contribution in [3.05, 3.63) is 27.2 Å². The van der Waals surface area contributed by atoms with Crippen LogP contribution in [0.1, 0.15) is 97.8 Å². The van der Waals surface area contributed by atoms with Crippen LogP contribution in [0.2, 0.25) is 15.1 Å². The molecule has 0 saturated heterocycles. The summed E-state index contributed by atoms with van der Waals surface area (Å²) < 4.78 is 10.9. The Morgan fingerprint density at radius 1 is 0.719 bits per heavy atom. The minimum absolute atomic E-state index is 0.0693. The van der Waals surface area contributed by atoms with Crippen LogP contribution in [0.4, 0.5) is 0 Å². The van der Waals surface area contributed by atoms with Crippen molar-refractivity contribution >= 4 is 46.7 Å². The summed E-state index contributed by atoms with van der Waals surface area (Å²) in [5, 5.41) is 0.609. The molecule has 0 N–H and O–H groups in total. The highest BCUT2D eigenvalue weighted by atomic mass is 35.5. The van der Waals surface area contributed by atoms with Gasteiger partial charge in [-0.2, -0.15) is 0 Å². The molecule has 0 spiro atoms. The fourth-order valence-corrected chi connectivity index (χ4v) is 4.16. The molecule has 0 bridgehead atoms. The van der Waals surface area contributed by atoms with Crippen molar-refractivity contribution in [2.75, 3.05) is 6.61 Å².